The van der Waals surface area contributed by atoms with Crippen LogP contribution in [0.25, 0.3) is 0 Å². The number of aryl methyl sites for hydroxylation is 1. The SMILES string of the molecule is Cc1ccc2c(c1)OC[C@H](CCO)N2. The van der Waals surface area contributed by atoms with Gasteiger partial charge < -0.3 is 15.2 Å². The van der Waals surface area contributed by atoms with Crippen molar-refractivity contribution in [2.45, 2.75) is 19.4 Å². The fourth-order valence-corrected chi connectivity index (χ4v) is 1.63. The minimum absolute atomic E-state index is 0.197. The van der Waals surface area contributed by atoms with Crippen LogP contribution in [0.15, 0.2) is 18.2 Å². The van der Waals surface area contributed by atoms with E-state index in [1.807, 2.05) is 19.1 Å². The number of aliphatic hydroxyl groups is 1. The lowest BCUT2D eigenvalue weighted by Crippen LogP contribution is -2.32. The summed E-state index contributed by atoms with van der Waals surface area (Å²) in [5, 5.41) is 12.2. The van der Waals surface area contributed by atoms with Gasteiger partial charge in [0.1, 0.15) is 12.4 Å². The van der Waals surface area contributed by atoms with Gasteiger partial charge in [-0.3, -0.25) is 0 Å². The van der Waals surface area contributed by atoms with Gasteiger partial charge in [0.05, 0.1) is 11.7 Å². The van der Waals surface area contributed by atoms with E-state index in [4.69, 9.17) is 9.84 Å². The van der Waals surface area contributed by atoms with Gasteiger partial charge in [-0.05, 0) is 31.0 Å². The van der Waals surface area contributed by atoms with Gasteiger partial charge in [-0.2, -0.15) is 0 Å². The van der Waals surface area contributed by atoms with Crippen LogP contribution in [-0.2, 0) is 0 Å². The van der Waals surface area contributed by atoms with E-state index in [9.17, 15) is 0 Å². The molecular weight excluding hydrogens is 178 g/mol. The molecule has 3 nitrogen and oxygen atoms in total. The zero-order valence-corrected chi connectivity index (χ0v) is 8.29. The summed E-state index contributed by atoms with van der Waals surface area (Å²) in [5.74, 6) is 0.916. The van der Waals surface area contributed by atoms with Crippen molar-refractivity contribution in [1.29, 1.82) is 0 Å². The molecule has 1 aromatic carbocycles. The van der Waals surface area contributed by atoms with E-state index >= 15 is 0 Å². The van der Waals surface area contributed by atoms with Crippen molar-refractivity contribution in [3.63, 3.8) is 0 Å². The highest BCUT2D eigenvalue weighted by Crippen LogP contribution is 2.30. The van der Waals surface area contributed by atoms with Gasteiger partial charge in [0, 0.05) is 6.61 Å². The molecule has 1 aromatic rings. The van der Waals surface area contributed by atoms with Crippen LogP contribution < -0.4 is 10.1 Å². The normalized spacial score (nSPS) is 19.4. The van der Waals surface area contributed by atoms with E-state index in [0.717, 1.165) is 17.9 Å². The van der Waals surface area contributed by atoms with Crippen LogP contribution in [0.3, 0.4) is 0 Å². The van der Waals surface area contributed by atoms with E-state index in [0.29, 0.717) is 6.61 Å². The topological polar surface area (TPSA) is 41.5 Å². The quantitative estimate of drug-likeness (QED) is 0.748. The van der Waals surface area contributed by atoms with Gasteiger partial charge in [-0.1, -0.05) is 6.07 Å². The Balaban J connectivity index is 2.15. The number of ether oxygens (including phenoxy) is 1. The Morgan fingerprint density at radius 3 is 3.21 bits per heavy atom. The summed E-state index contributed by atoms with van der Waals surface area (Å²) in [5.41, 5.74) is 2.23. The van der Waals surface area contributed by atoms with Gasteiger partial charge >= 0.3 is 0 Å². The Morgan fingerprint density at radius 1 is 1.57 bits per heavy atom. The molecule has 1 atom stereocenters. The molecular formula is C11H15NO2. The average Bonchev–Trinajstić information content (AvgIpc) is 2.19. The third kappa shape index (κ3) is 1.82. The van der Waals surface area contributed by atoms with Crippen molar-refractivity contribution in [3.8, 4) is 5.75 Å². The van der Waals surface area contributed by atoms with Crippen LogP contribution in [-0.4, -0.2) is 24.4 Å². The Morgan fingerprint density at radius 2 is 2.43 bits per heavy atom. The third-order valence-corrected chi connectivity index (χ3v) is 2.41. The minimum atomic E-state index is 0.197. The van der Waals surface area contributed by atoms with E-state index in [2.05, 4.69) is 11.4 Å². The van der Waals surface area contributed by atoms with Gasteiger partial charge in [-0.15, -0.1) is 0 Å². The molecule has 0 saturated heterocycles. The van der Waals surface area contributed by atoms with Crippen LogP contribution in [0.5, 0.6) is 5.75 Å². The van der Waals surface area contributed by atoms with Gasteiger partial charge in [0.2, 0.25) is 0 Å². The lowest BCUT2D eigenvalue weighted by Gasteiger charge is -2.27. The predicted molar refractivity (Wildman–Crippen MR) is 55.8 cm³/mol. The zero-order valence-electron chi connectivity index (χ0n) is 8.29. The molecule has 0 saturated carbocycles. The highest BCUT2D eigenvalue weighted by atomic mass is 16.5. The second-order valence-corrected chi connectivity index (χ2v) is 3.66. The van der Waals surface area contributed by atoms with Crippen molar-refractivity contribution in [2.24, 2.45) is 0 Å². The van der Waals surface area contributed by atoms with E-state index < -0.39 is 0 Å². The number of hydrogen-bond acceptors (Lipinski definition) is 3. The average molecular weight is 193 g/mol. The second-order valence-electron chi connectivity index (χ2n) is 3.66. The Bertz CT molecular complexity index is 325. The molecule has 0 radical (unpaired) electrons. The number of rotatable bonds is 2. The molecule has 14 heavy (non-hydrogen) atoms. The van der Waals surface area contributed by atoms with Crippen molar-refractivity contribution in [1.82, 2.24) is 0 Å². The summed E-state index contributed by atoms with van der Waals surface area (Å²) >= 11 is 0. The first-order valence-electron chi connectivity index (χ1n) is 4.90. The summed E-state index contributed by atoms with van der Waals surface area (Å²) < 4.78 is 5.60. The zero-order chi connectivity index (χ0) is 9.97. The highest BCUT2D eigenvalue weighted by molar-refractivity contribution is 5.59. The molecule has 0 aromatic heterocycles. The largest absolute Gasteiger partial charge is 0.489 e. The number of fused-ring (bicyclic) bond motifs is 1. The molecule has 2 N–H and O–H groups in total. The van der Waals surface area contributed by atoms with Crippen LogP contribution in [0, 0.1) is 6.92 Å². The molecule has 0 spiro atoms. The first kappa shape index (κ1) is 9.34. The van der Waals surface area contributed by atoms with Gasteiger partial charge in [-0.25, -0.2) is 0 Å². The maximum absolute atomic E-state index is 8.82. The maximum Gasteiger partial charge on any atom is 0.142 e. The Hall–Kier alpha value is -1.22. The Kier molecular flexibility index (Phi) is 2.59. The first-order valence-corrected chi connectivity index (χ1v) is 4.90. The molecule has 0 bridgehead atoms. The standard InChI is InChI=1S/C11H15NO2/c1-8-2-3-10-11(6-8)14-7-9(12-10)4-5-13/h2-3,6,9,12-13H,4-5,7H2,1H3/t9-/m0/s1. The molecule has 76 valence electrons. The Labute approximate surface area is 83.7 Å². The van der Waals surface area contributed by atoms with Crippen LogP contribution >= 0.6 is 0 Å². The number of benzene rings is 1. The maximum atomic E-state index is 8.82. The van der Waals surface area contributed by atoms with Crippen LogP contribution in [0.4, 0.5) is 5.69 Å². The second kappa shape index (κ2) is 3.88. The van der Waals surface area contributed by atoms with Crippen LogP contribution in [0.1, 0.15) is 12.0 Å². The van der Waals surface area contributed by atoms with Crippen molar-refractivity contribution in [3.05, 3.63) is 23.8 Å². The monoisotopic (exact) mass is 193 g/mol. The number of nitrogens with one attached hydrogen (secondary N) is 1. The van der Waals surface area contributed by atoms with E-state index in [-0.39, 0.29) is 12.6 Å². The van der Waals surface area contributed by atoms with E-state index in [1.165, 1.54) is 5.56 Å². The van der Waals surface area contributed by atoms with Gasteiger partial charge in [0.25, 0.3) is 0 Å². The number of anilines is 1. The number of aliphatic hydroxyl groups excluding tert-OH is 1. The smallest absolute Gasteiger partial charge is 0.142 e. The fourth-order valence-electron chi connectivity index (χ4n) is 1.63. The lowest BCUT2D eigenvalue weighted by atomic mass is 10.1. The van der Waals surface area contributed by atoms with Crippen molar-refractivity contribution < 1.29 is 9.84 Å². The summed E-state index contributed by atoms with van der Waals surface area (Å²) in [6, 6.07) is 6.33. The molecule has 2 rings (SSSR count). The molecule has 1 aliphatic heterocycles. The van der Waals surface area contributed by atoms with Crippen LogP contribution in [0.2, 0.25) is 0 Å². The first-order chi connectivity index (χ1) is 6.79. The van der Waals surface area contributed by atoms with Crippen molar-refractivity contribution in [2.75, 3.05) is 18.5 Å². The summed E-state index contributed by atoms with van der Waals surface area (Å²) in [4.78, 5) is 0. The summed E-state index contributed by atoms with van der Waals surface area (Å²) in [6.45, 7) is 2.88. The third-order valence-electron chi connectivity index (χ3n) is 2.41. The number of hydrogen-bond donors (Lipinski definition) is 2. The van der Waals surface area contributed by atoms with Crippen molar-refractivity contribution >= 4 is 5.69 Å². The molecule has 1 heterocycles. The van der Waals surface area contributed by atoms with E-state index in [1.54, 1.807) is 0 Å². The fraction of sp³-hybridized carbons (Fsp3) is 0.455. The summed E-state index contributed by atoms with van der Waals surface area (Å²) in [6.07, 6.45) is 0.729. The molecule has 0 amide bonds. The molecule has 0 unspecified atom stereocenters. The predicted octanol–water partition coefficient (Wildman–Crippen LogP) is 1.55. The molecule has 0 aliphatic carbocycles. The lowest BCUT2D eigenvalue weighted by molar-refractivity contribution is 0.233. The van der Waals surface area contributed by atoms with Gasteiger partial charge in [0.15, 0.2) is 0 Å². The highest BCUT2D eigenvalue weighted by Gasteiger charge is 2.17. The molecule has 3 heteroatoms. The summed E-state index contributed by atoms with van der Waals surface area (Å²) in [7, 11) is 0. The molecule has 0 fully saturated rings. The minimum Gasteiger partial charge on any atom is -0.489 e. The molecule has 1 aliphatic rings.